The summed E-state index contributed by atoms with van der Waals surface area (Å²) in [6.07, 6.45) is 0. The normalized spacial score (nSPS) is 19.2. The number of ether oxygens (including phenoxy) is 1. The van der Waals surface area contributed by atoms with Gasteiger partial charge in [0.25, 0.3) is 5.91 Å². The van der Waals surface area contributed by atoms with Crippen LogP contribution in [0.2, 0.25) is 0 Å². The van der Waals surface area contributed by atoms with Crippen molar-refractivity contribution in [2.45, 2.75) is 19.9 Å². The molecule has 0 bridgehead atoms. The first-order valence-electron chi connectivity index (χ1n) is 10.7. The van der Waals surface area contributed by atoms with E-state index in [0.29, 0.717) is 26.3 Å². The number of nitrogens with zero attached hydrogens (tertiary/aromatic N) is 2. The first-order valence-corrected chi connectivity index (χ1v) is 10.7. The fourth-order valence-corrected chi connectivity index (χ4v) is 4.57. The highest BCUT2D eigenvalue weighted by molar-refractivity contribution is 5.82. The van der Waals surface area contributed by atoms with Gasteiger partial charge in [0.05, 0.1) is 39.4 Å². The number of carbonyl (C=O) groups excluding carboxylic acids is 1. The minimum Gasteiger partial charge on any atom is -0.378 e. The van der Waals surface area contributed by atoms with Crippen molar-refractivity contribution in [3.05, 3.63) is 65.2 Å². The Morgan fingerprint density at radius 2 is 1.62 bits per heavy atom. The summed E-state index contributed by atoms with van der Waals surface area (Å²) in [5, 5.41) is 0. The summed E-state index contributed by atoms with van der Waals surface area (Å²) in [6.45, 7) is 10.9. The van der Waals surface area contributed by atoms with E-state index < -0.39 is 0 Å². The van der Waals surface area contributed by atoms with Gasteiger partial charge in [-0.15, -0.1) is 0 Å². The molecule has 29 heavy (non-hydrogen) atoms. The average Bonchev–Trinajstić information content (AvgIpc) is 2.78. The molecule has 2 aromatic carbocycles. The maximum absolute atomic E-state index is 13.5. The first-order chi connectivity index (χ1) is 14.1. The minimum absolute atomic E-state index is 0.130. The molecule has 0 aliphatic carbocycles. The zero-order valence-electron chi connectivity index (χ0n) is 17.6. The highest BCUT2D eigenvalue weighted by atomic mass is 16.5. The number of nitrogens with one attached hydrogen (secondary N) is 1. The molecule has 154 valence electrons. The zero-order valence-corrected chi connectivity index (χ0v) is 17.6. The molecule has 2 heterocycles. The molecule has 0 spiro atoms. The van der Waals surface area contributed by atoms with Crippen molar-refractivity contribution in [1.29, 1.82) is 0 Å². The number of piperazine rings is 1. The van der Waals surface area contributed by atoms with E-state index in [0.717, 1.165) is 31.7 Å². The quantitative estimate of drug-likeness (QED) is 0.856. The summed E-state index contributed by atoms with van der Waals surface area (Å²) < 4.78 is 5.46. The highest BCUT2D eigenvalue weighted by Gasteiger charge is 2.37. The highest BCUT2D eigenvalue weighted by Crippen LogP contribution is 2.23. The van der Waals surface area contributed by atoms with E-state index in [1.54, 1.807) is 0 Å². The molecule has 1 amide bonds. The van der Waals surface area contributed by atoms with Gasteiger partial charge in [-0.2, -0.15) is 0 Å². The van der Waals surface area contributed by atoms with Gasteiger partial charge < -0.3 is 19.4 Å². The van der Waals surface area contributed by atoms with Crippen molar-refractivity contribution in [3.63, 3.8) is 0 Å². The van der Waals surface area contributed by atoms with Gasteiger partial charge in [0, 0.05) is 24.3 Å². The maximum Gasteiger partial charge on any atom is 0.285 e. The average molecular weight is 395 g/mol. The summed E-state index contributed by atoms with van der Waals surface area (Å²) in [6, 6.07) is 16.7. The van der Waals surface area contributed by atoms with Gasteiger partial charge in [-0.05, 0) is 31.0 Å². The van der Waals surface area contributed by atoms with E-state index in [4.69, 9.17) is 4.74 Å². The predicted molar refractivity (Wildman–Crippen MR) is 115 cm³/mol. The van der Waals surface area contributed by atoms with Crippen LogP contribution >= 0.6 is 0 Å². The Morgan fingerprint density at radius 3 is 2.31 bits per heavy atom. The van der Waals surface area contributed by atoms with Crippen LogP contribution in [0.15, 0.2) is 48.5 Å². The Labute approximate surface area is 173 Å². The standard InChI is InChI=1S/C24H31N3O2/c1-19-7-6-10-22(20(19)2)25-11-13-26(14-12-25)23(21-8-4-3-5-9-21)24(28)27-15-17-29-18-16-27/h3-10,23H,11-18H2,1-2H3/p+1/t23-/m0/s1. The number of quaternary nitrogens is 1. The Hall–Kier alpha value is -2.37. The second-order valence-electron chi connectivity index (χ2n) is 8.15. The number of rotatable bonds is 4. The lowest BCUT2D eigenvalue weighted by Crippen LogP contribution is -3.16. The van der Waals surface area contributed by atoms with Crippen LogP contribution in [-0.2, 0) is 9.53 Å². The van der Waals surface area contributed by atoms with Gasteiger partial charge in [-0.1, -0.05) is 42.5 Å². The molecule has 1 atom stereocenters. The second-order valence-corrected chi connectivity index (χ2v) is 8.15. The molecule has 1 N–H and O–H groups in total. The molecular weight excluding hydrogens is 362 g/mol. The van der Waals surface area contributed by atoms with Crippen LogP contribution in [0.4, 0.5) is 5.69 Å². The third-order valence-electron chi connectivity index (χ3n) is 6.43. The molecule has 0 aromatic heterocycles. The number of morpholine rings is 1. The van der Waals surface area contributed by atoms with Crippen molar-refractivity contribution in [2.24, 2.45) is 0 Å². The Morgan fingerprint density at radius 1 is 0.931 bits per heavy atom. The van der Waals surface area contributed by atoms with Crippen LogP contribution in [0.5, 0.6) is 0 Å². The molecule has 0 saturated carbocycles. The van der Waals surface area contributed by atoms with Gasteiger partial charge >= 0.3 is 0 Å². The summed E-state index contributed by atoms with van der Waals surface area (Å²) in [4.78, 5) is 19.3. The molecule has 4 rings (SSSR count). The van der Waals surface area contributed by atoms with Crippen molar-refractivity contribution < 1.29 is 14.4 Å². The Bertz CT molecular complexity index is 825. The molecule has 5 nitrogen and oxygen atoms in total. The van der Waals surface area contributed by atoms with Crippen LogP contribution in [0.25, 0.3) is 0 Å². The number of anilines is 1. The van der Waals surface area contributed by atoms with Crippen LogP contribution in [0.1, 0.15) is 22.7 Å². The first kappa shape index (κ1) is 19.9. The van der Waals surface area contributed by atoms with Crippen molar-refractivity contribution in [2.75, 3.05) is 57.4 Å². The van der Waals surface area contributed by atoms with Gasteiger partial charge in [-0.25, -0.2) is 0 Å². The molecule has 2 aliphatic heterocycles. The van der Waals surface area contributed by atoms with E-state index in [9.17, 15) is 4.79 Å². The summed E-state index contributed by atoms with van der Waals surface area (Å²) in [7, 11) is 0. The van der Waals surface area contributed by atoms with Crippen molar-refractivity contribution in [3.8, 4) is 0 Å². The molecule has 2 aromatic rings. The lowest BCUT2D eigenvalue weighted by atomic mass is 10.0. The number of hydrogen-bond donors (Lipinski definition) is 1. The largest absolute Gasteiger partial charge is 0.378 e. The summed E-state index contributed by atoms with van der Waals surface area (Å²) >= 11 is 0. The van der Waals surface area contributed by atoms with E-state index >= 15 is 0 Å². The Balaban J connectivity index is 1.52. The number of aryl methyl sites for hydroxylation is 1. The molecule has 2 fully saturated rings. The van der Waals surface area contributed by atoms with Gasteiger partial charge in [-0.3, -0.25) is 4.79 Å². The number of carbonyl (C=O) groups is 1. The van der Waals surface area contributed by atoms with Crippen LogP contribution in [0, 0.1) is 13.8 Å². The van der Waals surface area contributed by atoms with Gasteiger partial charge in [0.2, 0.25) is 0 Å². The lowest BCUT2D eigenvalue weighted by molar-refractivity contribution is -0.923. The predicted octanol–water partition coefficient (Wildman–Crippen LogP) is 1.61. The SMILES string of the molecule is Cc1cccc(N2CC[NH+]([C@H](C(=O)N3CCOCC3)c3ccccc3)CC2)c1C. The van der Waals surface area contributed by atoms with Gasteiger partial charge in [0.1, 0.15) is 0 Å². The third-order valence-corrected chi connectivity index (χ3v) is 6.43. The van der Waals surface area contributed by atoms with Crippen molar-refractivity contribution >= 4 is 11.6 Å². The van der Waals surface area contributed by atoms with E-state index in [1.807, 2.05) is 23.1 Å². The second kappa shape index (κ2) is 8.97. The summed E-state index contributed by atoms with van der Waals surface area (Å²) in [5.74, 6) is 0.245. The number of benzene rings is 2. The molecule has 0 unspecified atom stereocenters. The van der Waals surface area contributed by atoms with Crippen LogP contribution in [-0.4, -0.2) is 63.3 Å². The van der Waals surface area contributed by atoms with Crippen molar-refractivity contribution in [1.82, 2.24) is 4.90 Å². The van der Waals surface area contributed by atoms with Gasteiger partial charge in [0.15, 0.2) is 6.04 Å². The molecule has 2 saturated heterocycles. The van der Waals surface area contributed by atoms with E-state index in [-0.39, 0.29) is 11.9 Å². The molecule has 2 aliphatic rings. The third kappa shape index (κ3) is 4.31. The molecule has 0 radical (unpaired) electrons. The monoisotopic (exact) mass is 394 g/mol. The lowest BCUT2D eigenvalue weighted by Gasteiger charge is -2.39. The van der Waals surface area contributed by atoms with Crippen LogP contribution in [0.3, 0.4) is 0 Å². The fraction of sp³-hybridized carbons (Fsp3) is 0.458. The minimum atomic E-state index is -0.130. The number of hydrogen-bond acceptors (Lipinski definition) is 3. The molecule has 5 heteroatoms. The smallest absolute Gasteiger partial charge is 0.285 e. The van der Waals surface area contributed by atoms with E-state index in [1.165, 1.54) is 21.7 Å². The Kier molecular flexibility index (Phi) is 6.16. The maximum atomic E-state index is 13.5. The van der Waals surface area contributed by atoms with E-state index in [2.05, 4.69) is 49.1 Å². The summed E-state index contributed by atoms with van der Waals surface area (Å²) in [5.41, 5.74) is 5.15. The zero-order chi connectivity index (χ0) is 20.2. The molecular formula is C24H32N3O2+. The fourth-order valence-electron chi connectivity index (χ4n) is 4.57. The topological polar surface area (TPSA) is 37.2 Å². The number of amides is 1. The van der Waals surface area contributed by atoms with Crippen LogP contribution < -0.4 is 9.80 Å².